The molecule has 1 saturated carbocycles. The van der Waals surface area contributed by atoms with E-state index in [1.807, 2.05) is 20.8 Å². The summed E-state index contributed by atoms with van der Waals surface area (Å²) in [6, 6.07) is 0. The zero-order valence-corrected chi connectivity index (χ0v) is 13.3. The summed E-state index contributed by atoms with van der Waals surface area (Å²) in [5, 5.41) is 21.7. The Balaban J connectivity index is 2.46. The first kappa shape index (κ1) is 16.3. The third-order valence-electron chi connectivity index (χ3n) is 5.37. The quantitative estimate of drug-likeness (QED) is 0.611. The van der Waals surface area contributed by atoms with Crippen LogP contribution in [0.4, 0.5) is 0 Å². The van der Waals surface area contributed by atoms with Crippen molar-refractivity contribution < 1.29 is 24.5 Å². The summed E-state index contributed by atoms with van der Waals surface area (Å²) >= 11 is 0. The van der Waals surface area contributed by atoms with Gasteiger partial charge in [-0.15, -0.1) is 0 Å². The van der Waals surface area contributed by atoms with Gasteiger partial charge in [-0.1, -0.05) is 27.2 Å². The van der Waals surface area contributed by atoms with Crippen LogP contribution in [0.25, 0.3) is 0 Å². The molecule has 2 aliphatic rings. The van der Waals surface area contributed by atoms with Crippen LogP contribution in [0, 0.1) is 11.8 Å². The Morgan fingerprint density at radius 3 is 2.57 bits per heavy atom. The fraction of sp³-hybridized carbons (Fsp3) is 0.812. The zero-order chi connectivity index (χ0) is 15.8. The number of methoxy groups -OCH3 is 1. The van der Waals surface area contributed by atoms with Gasteiger partial charge in [0.2, 0.25) is 0 Å². The van der Waals surface area contributed by atoms with Gasteiger partial charge >= 0.3 is 5.97 Å². The van der Waals surface area contributed by atoms with E-state index in [-0.39, 0.29) is 11.7 Å². The fourth-order valence-electron chi connectivity index (χ4n) is 4.10. The molecule has 0 radical (unpaired) electrons. The molecule has 0 bridgehead atoms. The highest BCUT2D eigenvalue weighted by atomic mass is 16.5. The number of rotatable bonds is 4. The predicted octanol–water partition coefficient (Wildman–Crippen LogP) is 1.77. The molecule has 1 saturated heterocycles. The van der Waals surface area contributed by atoms with Gasteiger partial charge in [-0.3, -0.25) is 0 Å². The minimum atomic E-state index is -1.31. The lowest BCUT2D eigenvalue weighted by atomic mass is 9.75. The average Bonchev–Trinajstić information content (AvgIpc) is 2.91. The van der Waals surface area contributed by atoms with Crippen molar-refractivity contribution in [1.82, 2.24) is 0 Å². The van der Waals surface area contributed by atoms with Crippen LogP contribution in [0.3, 0.4) is 0 Å². The highest BCUT2D eigenvalue weighted by Crippen LogP contribution is 2.59. The van der Waals surface area contributed by atoms with E-state index < -0.39 is 29.2 Å². The van der Waals surface area contributed by atoms with Crippen molar-refractivity contribution in [3.05, 3.63) is 11.8 Å². The first-order chi connectivity index (χ1) is 9.88. The van der Waals surface area contributed by atoms with Crippen LogP contribution in [0.2, 0.25) is 0 Å². The number of hydrogen-bond acceptors (Lipinski definition) is 5. The molecule has 0 spiro atoms. The average molecular weight is 298 g/mol. The summed E-state index contributed by atoms with van der Waals surface area (Å²) < 4.78 is 10.7. The van der Waals surface area contributed by atoms with Crippen LogP contribution in [0.5, 0.6) is 0 Å². The highest BCUT2D eigenvalue weighted by Gasteiger charge is 2.67. The molecule has 0 aromatic rings. The van der Waals surface area contributed by atoms with Crippen molar-refractivity contribution in [3.63, 3.8) is 0 Å². The molecule has 5 atom stereocenters. The largest absolute Gasteiger partial charge is 0.488 e. The van der Waals surface area contributed by atoms with E-state index in [2.05, 4.69) is 4.74 Å². The number of ether oxygens (including phenoxy) is 2. The van der Waals surface area contributed by atoms with Gasteiger partial charge in [0.05, 0.1) is 25.2 Å². The molecule has 2 N–H and O–H groups in total. The van der Waals surface area contributed by atoms with Crippen molar-refractivity contribution in [2.24, 2.45) is 11.8 Å². The van der Waals surface area contributed by atoms with Crippen molar-refractivity contribution >= 4 is 5.97 Å². The molecule has 0 amide bonds. The molecule has 2 fully saturated rings. The fourth-order valence-corrected chi connectivity index (χ4v) is 4.10. The van der Waals surface area contributed by atoms with E-state index in [9.17, 15) is 15.0 Å². The third kappa shape index (κ3) is 2.27. The number of fused-ring (bicyclic) bond motifs is 1. The van der Waals surface area contributed by atoms with Crippen molar-refractivity contribution in [2.45, 2.75) is 63.8 Å². The topological polar surface area (TPSA) is 76.0 Å². The van der Waals surface area contributed by atoms with E-state index >= 15 is 0 Å². The van der Waals surface area contributed by atoms with Gasteiger partial charge in [0.15, 0.2) is 0 Å². The number of aliphatic hydroxyl groups excluding tert-OH is 1. The van der Waals surface area contributed by atoms with E-state index in [1.165, 1.54) is 13.2 Å². The maximum atomic E-state index is 11.5. The first-order valence-corrected chi connectivity index (χ1v) is 7.78. The van der Waals surface area contributed by atoms with E-state index in [1.54, 1.807) is 0 Å². The Morgan fingerprint density at radius 1 is 1.43 bits per heavy atom. The van der Waals surface area contributed by atoms with Gasteiger partial charge in [-0.05, 0) is 25.2 Å². The molecule has 0 aromatic carbocycles. The lowest BCUT2D eigenvalue weighted by molar-refractivity contribution is -0.135. The van der Waals surface area contributed by atoms with Crippen LogP contribution >= 0.6 is 0 Å². The second kappa shape index (κ2) is 5.61. The van der Waals surface area contributed by atoms with Gasteiger partial charge in [-0.2, -0.15) is 0 Å². The molecule has 21 heavy (non-hydrogen) atoms. The molecule has 1 heterocycles. The number of aliphatic hydroxyl groups is 2. The smallest absolute Gasteiger partial charge is 0.333 e. The molecule has 5 heteroatoms. The Bertz CT molecular complexity index is 446. The molecule has 120 valence electrons. The number of carbonyl (C=O) groups is 1. The lowest BCUT2D eigenvalue weighted by Gasteiger charge is -2.32. The second-order valence-electron chi connectivity index (χ2n) is 6.17. The normalized spacial score (nSPS) is 43.7. The van der Waals surface area contributed by atoms with Crippen LogP contribution < -0.4 is 0 Å². The molecule has 0 aromatic heterocycles. The van der Waals surface area contributed by atoms with Gasteiger partial charge in [0, 0.05) is 0 Å². The summed E-state index contributed by atoms with van der Waals surface area (Å²) in [5.74, 6) is -0.601. The summed E-state index contributed by atoms with van der Waals surface area (Å²) in [4.78, 5) is 11.5. The zero-order valence-electron chi connectivity index (χ0n) is 13.3. The van der Waals surface area contributed by atoms with Crippen LogP contribution in [0.1, 0.15) is 46.5 Å². The molecular weight excluding hydrogens is 272 g/mol. The highest BCUT2D eigenvalue weighted by molar-refractivity contribution is 5.82. The molecule has 2 rings (SSSR count). The van der Waals surface area contributed by atoms with Gasteiger partial charge in [-0.25, -0.2) is 4.79 Å². The van der Waals surface area contributed by atoms with E-state index in [0.29, 0.717) is 19.3 Å². The second-order valence-corrected chi connectivity index (χ2v) is 6.17. The number of hydrogen-bond donors (Lipinski definition) is 2. The van der Waals surface area contributed by atoms with E-state index in [4.69, 9.17) is 4.74 Å². The molecule has 0 unspecified atom stereocenters. The first-order valence-electron chi connectivity index (χ1n) is 7.78. The minimum Gasteiger partial charge on any atom is -0.488 e. The maximum absolute atomic E-state index is 11.5. The predicted molar refractivity (Wildman–Crippen MR) is 77.3 cm³/mol. The SMILES string of the molecule is CC[C@@H]1C[C@@]2(CC)O/C(=C\C(=O)OC)[C@](O)(CC)[C@H]2[C@H]1O. The minimum absolute atomic E-state index is 0.118. The Kier molecular flexibility index (Phi) is 4.36. The van der Waals surface area contributed by atoms with Gasteiger partial charge in [0.25, 0.3) is 0 Å². The van der Waals surface area contributed by atoms with E-state index in [0.717, 1.165) is 6.42 Å². The lowest BCUT2D eigenvalue weighted by Crippen LogP contribution is -2.46. The molecular formula is C16H26O5. The van der Waals surface area contributed by atoms with Crippen LogP contribution in [-0.2, 0) is 14.3 Å². The van der Waals surface area contributed by atoms with Gasteiger partial charge in [0.1, 0.15) is 17.0 Å². The summed E-state index contributed by atoms with van der Waals surface area (Å²) in [7, 11) is 1.29. The van der Waals surface area contributed by atoms with Crippen molar-refractivity contribution in [2.75, 3.05) is 7.11 Å². The monoisotopic (exact) mass is 298 g/mol. The molecule has 5 nitrogen and oxygen atoms in total. The third-order valence-corrected chi connectivity index (χ3v) is 5.37. The Morgan fingerprint density at radius 2 is 2.10 bits per heavy atom. The summed E-state index contributed by atoms with van der Waals surface area (Å²) in [6.07, 6.45) is 3.21. The standard InChI is InChI=1S/C16H26O5/c1-5-10-9-15(6-2)14(13(10)18)16(19,7-3)11(21-15)8-12(17)20-4/h8,10,13-14,18-19H,5-7,9H2,1-4H3/b11-8-/t10-,13+,14+,15-,16-/m1/s1. The summed E-state index contributed by atoms with van der Waals surface area (Å²) in [6.45, 7) is 5.87. The van der Waals surface area contributed by atoms with Gasteiger partial charge < -0.3 is 19.7 Å². The maximum Gasteiger partial charge on any atom is 0.333 e. The summed E-state index contributed by atoms with van der Waals surface area (Å²) in [5.41, 5.74) is -1.90. The Labute approximate surface area is 125 Å². The van der Waals surface area contributed by atoms with Crippen molar-refractivity contribution in [3.8, 4) is 0 Å². The number of esters is 1. The number of carbonyl (C=O) groups excluding carboxylic acids is 1. The van der Waals surface area contributed by atoms with Crippen LogP contribution in [0.15, 0.2) is 11.8 Å². The van der Waals surface area contributed by atoms with Crippen molar-refractivity contribution in [1.29, 1.82) is 0 Å². The molecule has 1 aliphatic heterocycles. The van der Waals surface area contributed by atoms with Crippen LogP contribution in [-0.4, -0.2) is 40.6 Å². The Hall–Kier alpha value is -1.07. The molecule has 1 aliphatic carbocycles.